The van der Waals surface area contributed by atoms with Gasteiger partial charge in [-0.25, -0.2) is 0 Å². The molecule has 2 heteroatoms. The molecule has 0 fully saturated rings. The number of aliphatic hydroxyl groups excluding tert-OH is 1. The van der Waals surface area contributed by atoms with Crippen LogP contribution in [-0.2, 0) is 0 Å². The van der Waals surface area contributed by atoms with Gasteiger partial charge in [0, 0.05) is 0 Å². The molecular formula is C15H34NO+. The molecule has 0 heterocycles. The third-order valence-corrected chi connectivity index (χ3v) is 3.76. The highest BCUT2D eigenvalue weighted by atomic mass is 16.3. The van der Waals surface area contributed by atoms with Gasteiger partial charge in [-0.05, 0) is 32.1 Å². The van der Waals surface area contributed by atoms with E-state index in [2.05, 4.69) is 20.8 Å². The minimum atomic E-state index is 0.341. The second kappa shape index (κ2) is 11.0. The van der Waals surface area contributed by atoms with Gasteiger partial charge in [-0.2, -0.15) is 0 Å². The van der Waals surface area contributed by atoms with Gasteiger partial charge >= 0.3 is 0 Å². The van der Waals surface area contributed by atoms with E-state index < -0.39 is 0 Å². The molecule has 0 atom stereocenters. The summed E-state index contributed by atoms with van der Waals surface area (Å²) >= 11 is 0. The maximum atomic E-state index is 9.77. The standard InChI is InChI=1S/C15H34NO/c1-4-7-10-13-16(15-17,12-9-6-3)14-11-8-5-2/h17H,4-15H2,1-3H3/q+1. The summed E-state index contributed by atoms with van der Waals surface area (Å²) in [7, 11) is 0. The van der Waals surface area contributed by atoms with Crippen LogP contribution >= 0.6 is 0 Å². The fourth-order valence-corrected chi connectivity index (χ4v) is 2.44. The molecule has 0 aliphatic rings. The Labute approximate surface area is 109 Å². The van der Waals surface area contributed by atoms with Gasteiger partial charge in [0.15, 0.2) is 6.73 Å². The van der Waals surface area contributed by atoms with Crippen molar-refractivity contribution >= 4 is 0 Å². The van der Waals surface area contributed by atoms with Crippen LogP contribution in [0, 0.1) is 0 Å². The van der Waals surface area contributed by atoms with Crippen molar-refractivity contribution in [3.63, 3.8) is 0 Å². The zero-order valence-corrected chi connectivity index (χ0v) is 12.4. The Morgan fingerprint density at radius 1 is 0.647 bits per heavy atom. The lowest BCUT2D eigenvalue weighted by molar-refractivity contribution is -0.945. The number of hydrogen-bond acceptors (Lipinski definition) is 1. The van der Waals surface area contributed by atoms with E-state index in [-0.39, 0.29) is 0 Å². The molecule has 0 aromatic heterocycles. The molecule has 0 radical (unpaired) electrons. The predicted molar refractivity (Wildman–Crippen MR) is 75.9 cm³/mol. The monoisotopic (exact) mass is 244 g/mol. The summed E-state index contributed by atoms with van der Waals surface area (Å²) < 4.78 is 0.952. The van der Waals surface area contributed by atoms with Crippen LogP contribution in [0.4, 0.5) is 0 Å². The average Bonchev–Trinajstić information content (AvgIpc) is 2.36. The van der Waals surface area contributed by atoms with Gasteiger partial charge in [0.05, 0.1) is 19.6 Å². The first-order valence-electron chi connectivity index (χ1n) is 7.70. The lowest BCUT2D eigenvalue weighted by atomic mass is 10.1. The minimum absolute atomic E-state index is 0.341. The molecule has 2 nitrogen and oxygen atoms in total. The van der Waals surface area contributed by atoms with Gasteiger partial charge in [-0.1, -0.05) is 40.0 Å². The Kier molecular flexibility index (Phi) is 11.0. The molecule has 0 saturated carbocycles. The van der Waals surface area contributed by atoms with E-state index in [1.807, 2.05) is 0 Å². The summed E-state index contributed by atoms with van der Waals surface area (Å²) in [6, 6.07) is 0. The van der Waals surface area contributed by atoms with Crippen molar-refractivity contribution in [2.24, 2.45) is 0 Å². The van der Waals surface area contributed by atoms with Crippen LogP contribution in [0.5, 0.6) is 0 Å². The maximum Gasteiger partial charge on any atom is 0.180 e. The van der Waals surface area contributed by atoms with Crippen molar-refractivity contribution in [2.75, 3.05) is 26.4 Å². The fraction of sp³-hybridized carbons (Fsp3) is 1.00. The first kappa shape index (κ1) is 16.9. The van der Waals surface area contributed by atoms with Gasteiger partial charge in [-0.15, -0.1) is 0 Å². The molecule has 0 amide bonds. The van der Waals surface area contributed by atoms with Gasteiger partial charge in [0.1, 0.15) is 0 Å². The first-order valence-corrected chi connectivity index (χ1v) is 7.70. The normalized spacial score (nSPS) is 12.0. The highest BCUT2D eigenvalue weighted by Gasteiger charge is 2.24. The molecule has 0 saturated heterocycles. The molecule has 0 spiro atoms. The molecule has 0 aromatic rings. The number of rotatable bonds is 12. The topological polar surface area (TPSA) is 20.2 Å². The lowest BCUT2D eigenvalue weighted by Crippen LogP contribution is -2.50. The smallest absolute Gasteiger partial charge is 0.180 e. The second-order valence-corrected chi connectivity index (χ2v) is 5.42. The van der Waals surface area contributed by atoms with Crippen LogP contribution in [0.1, 0.15) is 72.1 Å². The van der Waals surface area contributed by atoms with Gasteiger partial charge in [0.25, 0.3) is 0 Å². The molecule has 0 aliphatic heterocycles. The van der Waals surface area contributed by atoms with Crippen molar-refractivity contribution in [3.8, 4) is 0 Å². The molecule has 0 bridgehead atoms. The van der Waals surface area contributed by atoms with Crippen LogP contribution < -0.4 is 0 Å². The van der Waals surface area contributed by atoms with Crippen molar-refractivity contribution in [2.45, 2.75) is 72.1 Å². The van der Waals surface area contributed by atoms with E-state index in [4.69, 9.17) is 0 Å². The van der Waals surface area contributed by atoms with E-state index in [9.17, 15) is 5.11 Å². The summed E-state index contributed by atoms with van der Waals surface area (Å²) in [6.45, 7) is 10.6. The summed E-state index contributed by atoms with van der Waals surface area (Å²) in [5.41, 5.74) is 0. The van der Waals surface area contributed by atoms with Gasteiger partial charge in [-0.3, -0.25) is 0 Å². The molecule has 0 unspecified atom stereocenters. The summed E-state index contributed by atoms with van der Waals surface area (Å²) in [4.78, 5) is 0. The lowest BCUT2D eigenvalue weighted by Gasteiger charge is -2.37. The number of nitrogens with zero attached hydrogens (tertiary/aromatic N) is 1. The van der Waals surface area contributed by atoms with Crippen LogP contribution in [0.25, 0.3) is 0 Å². The van der Waals surface area contributed by atoms with Crippen molar-refractivity contribution in [1.29, 1.82) is 0 Å². The zero-order valence-electron chi connectivity index (χ0n) is 12.4. The van der Waals surface area contributed by atoms with Crippen LogP contribution in [0.15, 0.2) is 0 Å². The molecule has 17 heavy (non-hydrogen) atoms. The third kappa shape index (κ3) is 7.77. The summed E-state index contributed by atoms with van der Waals surface area (Å²) in [5, 5.41) is 9.77. The maximum absolute atomic E-state index is 9.77. The number of unbranched alkanes of at least 4 members (excludes halogenated alkanes) is 5. The number of hydrogen-bond donors (Lipinski definition) is 1. The molecule has 104 valence electrons. The minimum Gasteiger partial charge on any atom is -0.347 e. The van der Waals surface area contributed by atoms with E-state index >= 15 is 0 Å². The van der Waals surface area contributed by atoms with E-state index in [0.29, 0.717) is 6.73 Å². The predicted octanol–water partition coefficient (Wildman–Crippen LogP) is 3.93. The summed E-state index contributed by atoms with van der Waals surface area (Å²) in [5.74, 6) is 0. The Hall–Kier alpha value is -0.0800. The van der Waals surface area contributed by atoms with Gasteiger partial charge in [0.2, 0.25) is 0 Å². The molecular weight excluding hydrogens is 210 g/mol. The molecule has 0 aromatic carbocycles. The molecule has 1 N–H and O–H groups in total. The van der Waals surface area contributed by atoms with Crippen LogP contribution in [-0.4, -0.2) is 36.0 Å². The Morgan fingerprint density at radius 3 is 1.41 bits per heavy atom. The third-order valence-electron chi connectivity index (χ3n) is 3.76. The van der Waals surface area contributed by atoms with E-state index in [1.165, 1.54) is 71.0 Å². The van der Waals surface area contributed by atoms with Crippen LogP contribution in [0.2, 0.25) is 0 Å². The second-order valence-electron chi connectivity index (χ2n) is 5.42. The largest absolute Gasteiger partial charge is 0.347 e. The number of quaternary nitrogens is 1. The molecule has 0 rings (SSSR count). The van der Waals surface area contributed by atoms with Crippen molar-refractivity contribution in [1.82, 2.24) is 0 Å². The Balaban J connectivity index is 4.17. The Morgan fingerprint density at radius 2 is 1.06 bits per heavy atom. The molecule has 0 aliphatic carbocycles. The van der Waals surface area contributed by atoms with Crippen LogP contribution in [0.3, 0.4) is 0 Å². The quantitative estimate of drug-likeness (QED) is 0.313. The Bertz CT molecular complexity index is 149. The zero-order chi connectivity index (χ0) is 13.0. The van der Waals surface area contributed by atoms with E-state index in [1.54, 1.807) is 0 Å². The van der Waals surface area contributed by atoms with E-state index in [0.717, 1.165) is 4.48 Å². The fourth-order valence-electron chi connectivity index (χ4n) is 2.44. The van der Waals surface area contributed by atoms with Crippen molar-refractivity contribution < 1.29 is 9.59 Å². The SMILES string of the molecule is CCCCC[N+](CO)(CCCC)CCCCC. The average molecular weight is 244 g/mol. The highest BCUT2D eigenvalue weighted by molar-refractivity contribution is 4.47. The number of aliphatic hydroxyl groups is 1. The van der Waals surface area contributed by atoms with Gasteiger partial charge < -0.3 is 9.59 Å². The van der Waals surface area contributed by atoms with Crippen molar-refractivity contribution in [3.05, 3.63) is 0 Å². The summed E-state index contributed by atoms with van der Waals surface area (Å²) in [6.07, 6.45) is 10.2. The highest BCUT2D eigenvalue weighted by Crippen LogP contribution is 2.14. The first-order chi connectivity index (χ1) is 8.24.